The van der Waals surface area contributed by atoms with Crippen molar-refractivity contribution in [3.8, 4) is 10.4 Å². The van der Waals surface area contributed by atoms with Crippen LogP contribution >= 0.6 is 11.3 Å². The Hall–Kier alpha value is -2.85. The van der Waals surface area contributed by atoms with Crippen LogP contribution in [0.2, 0.25) is 0 Å². The highest BCUT2D eigenvalue weighted by atomic mass is 32.1. The highest BCUT2D eigenvalue weighted by Gasteiger charge is 2.22. The fourth-order valence-corrected chi connectivity index (χ4v) is 5.55. The van der Waals surface area contributed by atoms with Crippen LogP contribution in [0.15, 0.2) is 24.4 Å². The van der Waals surface area contributed by atoms with E-state index in [1.807, 2.05) is 43.5 Å². The third-order valence-electron chi connectivity index (χ3n) is 6.03. The highest BCUT2D eigenvalue weighted by Crippen LogP contribution is 2.41. The number of benzene rings is 1. The van der Waals surface area contributed by atoms with Gasteiger partial charge in [-0.25, -0.2) is 14.6 Å². The summed E-state index contributed by atoms with van der Waals surface area (Å²) in [6.07, 6.45) is 7.11. The quantitative estimate of drug-likeness (QED) is 0.459. The van der Waals surface area contributed by atoms with Gasteiger partial charge < -0.3 is 24.8 Å². The number of nitrogens with zero attached hydrogens (tertiary/aromatic N) is 2. The molecule has 1 aromatic heterocycles. The minimum atomic E-state index is -0.713. The van der Waals surface area contributed by atoms with Gasteiger partial charge in [-0.1, -0.05) is 19.3 Å². The molecule has 2 aliphatic rings. The van der Waals surface area contributed by atoms with E-state index in [2.05, 4.69) is 26.8 Å². The zero-order valence-corrected chi connectivity index (χ0v) is 23.1. The number of aromatic nitrogens is 1. The molecule has 1 saturated carbocycles. The fourth-order valence-electron chi connectivity index (χ4n) is 4.43. The Morgan fingerprint density at radius 3 is 2.35 bits per heavy atom. The molecule has 1 saturated heterocycles. The van der Waals surface area contributed by atoms with Crippen molar-refractivity contribution in [3.63, 3.8) is 0 Å². The minimum Gasteiger partial charge on any atom is -0.447 e. The van der Waals surface area contributed by atoms with Crippen molar-refractivity contribution < 1.29 is 23.8 Å². The van der Waals surface area contributed by atoms with Gasteiger partial charge in [0.05, 0.1) is 35.3 Å². The number of nitrogens with two attached hydrogens (primary N) is 1. The van der Waals surface area contributed by atoms with Gasteiger partial charge in [-0.3, -0.25) is 5.32 Å². The summed E-state index contributed by atoms with van der Waals surface area (Å²) in [5, 5.41) is 4.12. The summed E-state index contributed by atoms with van der Waals surface area (Å²) in [5.41, 5.74) is 7.65. The maximum absolute atomic E-state index is 12.1. The molecule has 9 nitrogen and oxygen atoms in total. The number of hydrogen-bond acceptors (Lipinski definition) is 8. The number of carbonyl (C=O) groups is 2. The molecule has 0 spiro atoms. The van der Waals surface area contributed by atoms with Gasteiger partial charge in [0.25, 0.3) is 0 Å². The molecule has 0 unspecified atom stereocenters. The molecule has 10 heteroatoms. The van der Waals surface area contributed by atoms with E-state index in [1.165, 1.54) is 47.6 Å². The first-order valence-corrected chi connectivity index (χ1v) is 13.9. The lowest BCUT2D eigenvalue weighted by molar-refractivity contribution is 0.122. The largest absolute Gasteiger partial charge is 0.447 e. The number of amides is 2. The Bertz CT molecular complexity index is 1010. The van der Waals surface area contributed by atoms with E-state index in [1.54, 1.807) is 13.8 Å². The number of thiazole rings is 1. The molecule has 2 aromatic rings. The van der Waals surface area contributed by atoms with Gasteiger partial charge in [0.2, 0.25) is 0 Å². The second-order valence-electron chi connectivity index (χ2n) is 9.79. The van der Waals surface area contributed by atoms with Gasteiger partial charge in [-0.05, 0) is 58.7 Å². The van der Waals surface area contributed by atoms with E-state index in [4.69, 9.17) is 14.5 Å². The standard InChI is InChI=1S/C23H31N3O3S.C4H9NO2/c1-16(2)29-23(27)25-18-8-9-19(20(14-18)26-10-12-28-13-11-26)21-15-24-22(30-21)17-6-4-3-5-7-17;1-3(2)7-4(5)6/h8-9,14-17H,3-7,10-13H2,1-2H3,(H,25,27);3H,1-2H3,(H2,5,6). The van der Waals surface area contributed by atoms with Crippen molar-refractivity contribution in [2.45, 2.75) is 77.9 Å². The summed E-state index contributed by atoms with van der Waals surface area (Å²) >= 11 is 1.82. The summed E-state index contributed by atoms with van der Waals surface area (Å²) in [5.74, 6) is 0.607. The number of primary amides is 1. The van der Waals surface area contributed by atoms with Crippen molar-refractivity contribution in [1.82, 2.24) is 4.98 Å². The SMILES string of the molecule is CC(C)OC(=O)Nc1ccc(-c2cnc(C3CCCCC3)s2)c(N2CCOCC2)c1.CC(C)OC(N)=O. The maximum Gasteiger partial charge on any atom is 0.411 e. The predicted octanol–water partition coefficient (Wildman–Crippen LogP) is 6.14. The van der Waals surface area contributed by atoms with Crippen LogP contribution in [0.3, 0.4) is 0 Å². The Labute approximate surface area is 223 Å². The molecule has 0 radical (unpaired) electrons. The van der Waals surface area contributed by atoms with Gasteiger partial charge in [-0.15, -0.1) is 11.3 Å². The highest BCUT2D eigenvalue weighted by molar-refractivity contribution is 7.15. The van der Waals surface area contributed by atoms with Crippen molar-refractivity contribution in [3.05, 3.63) is 29.4 Å². The summed E-state index contributed by atoms with van der Waals surface area (Å²) in [6.45, 7) is 10.3. The maximum atomic E-state index is 12.1. The minimum absolute atomic E-state index is 0.0995. The van der Waals surface area contributed by atoms with Gasteiger partial charge >= 0.3 is 12.2 Å². The lowest BCUT2D eigenvalue weighted by Gasteiger charge is -2.31. The zero-order chi connectivity index (χ0) is 26.8. The Morgan fingerprint density at radius 1 is 1.08 bits per heavy atom. The summed E-state index contributed by atoms with van der Waals surface area (Å²) in [6, 6.07) is 6.08. The average molecular weight is 533 g/mol. The Kier molecular flexibility index (Phi) is 11.0. The van der Waals surface area contributed by atoms with Crippen molar-refractivity contribution in [2.24, 2.45) is 5.73 Å². The van der Waals surface area contributed by atoms with E-state index in [0.717, 1.165) is 24.5 Å². The first kappa shape index (κ1) is 28.7. The van der Waals surface area contributed by atoms with Crippen molar-refractivity contribution in [2.75, 3.05) is 36.5 Å². The molecular weight excluding hydrogens is 492 g/mol. The third-order valence-corrected chi connectivity index (χ3v) is 7.23. The number of rotatable bonds is 6. The molecule has 37 heavy (non-hydrogen) atoms. The summed E-state index contributed by atoms with van der Waals surface area (Å²) in [4.78, 5) is 30.2. The van der Waals surface area contributed by atoms with Crippen LogP contribution < -0.4 is 16.0 Å². The first-order valence-electron chi connectivity index (χ1n) is 13.1. The number of anilines is 2. The van der Waals surface area contributed by atoms with Gasteiger partial charge in [0.1, 0.15) is 0 Å². The molecule has 2 amide bonds. The van der Waals surface area contributed by atoms with Crippen LogP contribution in [0, 0.1) is 0 Å². The second-order valence-corrected chi connectivity index (χ2v) is 10.9. The lowest BCUT2D eigenvalue weighted by Crippen LogP contribution is -2.36. The van der Waals surface area contributed by atoms with Crippen molar-refractivity contribution in [1.29, 1.82) is 0 Å². The molecule has 2 fully saturated rings. The molecule has 204 valence electrons. The molecular formula is C27H40N4O5S. The van der Waals surface area contributed by atoms with E-state index in [0.29, 0.717) is 19.1 Å². The summed E-state index contributed by atoms with van der Waals surface area (Å²) in [7, 11) is 0. The number of morpholine rings is 1. The summed E-state index contributed by atoms with van der Waals surface area (Å²) < 4.78 is 15.2. The van der Waals surface area contributed by atoms with Crippen LogP contribution in [0.1, 0.15) is 70.7 Å². The number of hydrogen-bond donors (Lipinski definition) is 2. The molecule has 2 heterocycles. The molecule has 3 N–H and O–H groups in total. The second kappa shape index (κ2) is 14.2. The first-order chi connectivity index (χ1) is 17.7. The molecule has 0 bridgehead atoms. The van der Waals surface area contributed by atoms with Gasteiger partial charge in [-0.2, -0.15) is 0 Å². The zero-order valence-electron chi connectivity index (χ0n) is 22.3. The molecule has 1 aliphatic heterocycles. The third kappa shape index (κ3) is 9.19. The smallest absolute Gasteiger partial charge is 0.411 e. The fraction of sp³-hybridized carbons (Fsp3) is 0.593. The Morgan fingerprint density at radius 2 is 1.76 bits per heavy atom. The average Bonchev–Trinajstić information content (AvgIpc) is 3.34. The Balaban J connectivity index is 0.000000479. The normalized spacial score (nSPS) is 16.2. The van der Waals surface area contributed by atoms with E-state index >= 15 is 0 Å². The van der Waals surface area contributed by atoms with Crippen LogP contribution in [-0.4, -0.2) is 55.7 Å². The molecule has 4 rings (SSSR count). The monoisotopic (exact) mass is 532 g/mol. The van der Waals surface area contributed by atoms with Crippen LogP contribution in [0.5, 0.6) is 0 Å². The molecule has 1 aliphatic carbocycles. The topological polar surface area (TPSA) is 116 Å². The molecule has 0 atom stereocenters. The predicted molar refractivity (Wildman–Crippen MR) is 147 cm³/mol. The van der Waals surface area contributed by atoms with Crippen LogP contribution in [0.25, 0.3) is 10.4 Å². The van der Waals surface area contributed by atoms with E-state index in [-0.39, 0.29) is 12.2 Å². The van der Waals surface area contributed by atoms with Gasteiger partial charge in [0, 0.05) is 42.1 Å². The van der Waals surface area contributed by atoms with Gasteiger partial charge in [0.15, 0.2) is 0 Å². The van der Waals surface area contributed by atoms with E-state index < -0.39 is 12.2 Å². The molecule has 1 aromatic carbocycles. The van der Waals surface area contributed by atoms with Crippen LogP contribution in [-0.2, 0) is 14.2 Å². The number of ether oxygens (including phenoxy) is 3. The number of nitrogens with one attached hydrogen (secondary N) is 1. The lowest BCUT2D eigenvalue weighted by atomic mass is 9.90. The van der Waals surface area contributed by atoms with Crippen LogP contribution in [0.4, 0.5) is 21.0 Å². The number of carbonyl (C=O) groups excluding carboxylic acids is 2. The van der Waals surface area contributed by atoms with Crippen molar-refractivity contribution >= 4 is 34.9 Å². The van der Waals surface area contributed by atoms with E-state index in [9.17, 15) is 9.59 Å².